The lowest BCUT2D eigenvalue weighted by Crippen LogP contribution is -2.35. The molecule has 3 heteroatoms. The standard InChI is InChI=1S/C15H20N2O/c1-3-8-16-11-15(2,18)13-9-12-6-4-5-7-14(12)17-10-13/h4-7,9-10,16,18H,3,8,11H2,1-2H3. The molecule has 0 saturated carbocycles. The van der Waals surface area contributed by atoms with Gasteiger partial charge >= 0.3 is 0 Å². The lowest BCUT2D eigenvalue weighted by atomic mass is 9.96. The maximum absolute atomic E-state index is 10.5. The summed E-state index contributed by atoms with van der Waals surface area (Å²) in [6.45, 7) is 5.39. The zero-order valence-electron chi connectivity index (χ0n) is 11.0. The molecule has 1 heterocycles. The van der Waals surface area contributed by atoms with Gasteiger partial charge < -0.3 is 10.4 Å². The summed E-state index contributed by atoms with van der Waals surface area (Å²) in [6.07, 6.45) is 2.82. The third-order valence-corrected chi connectivity index (χ3v) is 3.11. The number of hydrogen-bond acceptors (Lipinski definition) is 3. The Balaban J connectivity index is 2.23. The molecule has 1 aromatic carbocycles. The normalized spacial score (nSPS) is 14.6. The maximum atomic E-state index is 10.5. The fourth-order valence-electron chi connectivity index (χ4n) is 1.98. The number of hydrogen-bond donors (Lipinski definition) is 2. The topological polar surface area (TPSA) is 45.1 Å². The minimum absolute atomic E-state index is 0.543. The van der Waals surface area contributed by atoms with Crippen molar-refractivity contribution >= 4 is 10.9 Å². The first-order valence-corrected chi connectivity index (χ1v) is 6.42. The molecule has 0 aliphatic rings. The summed E-state index contributed by atoms with van der Waals surface area (Å²) < 4.78 is 0. The highest BCUT2D eigenvalue weighted by molar-refractivity contribution is 5.78. The van der Waals surface area contributed by atoms with Crippen molar-refractivity contribution in [2.24, 2.45) is 0 Å². The Hall–Kier alpha value is -1.45. The van der Waals surface area contributed by atoms with Gasteiger partial charge in [-0.3, -0.25) is 4.98 Å². The molecular formula is C15H20N2O. The van der Waals surface area contributed by atoms with Gasteiger partial charge in [0.1, 0.15) is 5.60 Å². The molecular weight excluding hydrogens is 224 g/mol. The summed E-state index contributed by atoms with van der Waals surface area (Å²) in [5, 5.41) is 14.8. The Labute approximate surface area is 108 Å². The van der Waals surface area contributed by atoms with Gasteiger partial charge in [0.25, 0.3) is 0 Å². The largest absolute Gasteiger partial charge is 0.384 e. The molecule has 2 rings (SSSR count). The first-order chi connectivity index (χ1) is 8.63. The Morgan fingerprint density at radius 2 is 2.11 bits per heavy atom. The molecule has 0 saturated heterocycles. The number of rotatable bonds is 5. The molecule has 0 bridgehead atoms. The summed E-state index contributed by atoms with van der Waals surface area (Å²) in [7, 11) is 0. The minimum Gasteiger partial charge on any atom is -0.384 e. The van der Waals surface area contributed by atoms with E-state index in [1.165, 1.54) is 0 Å². The van der Waals surface area contributed by atoms with Crippen LogP contribution in [-0.4, -0.2) is 23.2 Å². The van der Waals surface area contributed by atoms with Crippen LogP contribution in [0, 0.1) is 0 Å². The quantitative estimate of drug-likeness (QED) is 0.794. The van der Waals surface area contributed by atoms with Crippen molar-refractivity contribution in [1.29, 1.82) is 0 Å². The lowest BCUT2D eigenvalue weighted by molar-refractivity contribution is 0.0570. The van der Waals surface area contributed by atoms with Gasteiger partial charge in [0, 0.05) is 23.7 Å². The molecule has 1 unspecified atom stereocenters. The number of nitrogens with zero attached hydrogens (tertiary/aromatic N) is 1. The molecule has 0 aliphatic heterocycles. The van der Waals surface area contributed by atoms with E-state index in [1.54, 1.807) is 6.20 Å². The van der Waals surface area contributed by atoms with Crippen molar-refractivity contribution in [1.82, 2.24) is 10.3 Å². The summed E-state index contributed by atoms with van der Waals surface area (Å²) in [6, 6.07) is 9.95. The minimum atomic E-state index is -0.883. The number of para-hydroxylation sites is 1. The summed E-state index contributed by atoms with van der Waals surface area (Å²) in [4.78, 5) is 4.39. The molecule has 2 N–H and O–H groups in total. The van der Waals surface area contributed by atoms with E-state index in [-0.39, 0.29) is 0 Å². The highest BCUT2D eigenvalue weighted by Gasteiger charge is 2.23. The average Bonchev–Trinajstić information content (AvgIpc) is 2.38. The predicted molar refractivity (Wildman–Crippen MR) is 74.5 cm³/mol. The monoisotopic (exact) mass is 244 g/mol. The van der Waals surface area contributed by atoms with Crippen LogP contribution in [0.4, 0.5) is 0 Å². The summed E-state index contributed by atoms with van der Waals surface area (Å²) >= 11 is 0. The van der Waals surface area contributed by atoms with Crippen molar-refractivity contribution in [3.63, 3.8) is 0 Å². The molecule has 18 heavy (non-hydrogen) atoms. The SMILES string of the molecule is CCCNCC(C)(O)c1cnc2ccccc2c1. The fourth-order valence-corrected chi connectivity index (χ4v) is 1.98. The van der Waals surface area contributed by atoms with Gasteiger partial charge in [-0.2, -0.15) is 0 Å². The van der Waals surface area contributed by atoms with Crippen LogP contribution in [-0.2, 0) is 5.60 Å². The molecule has 96 valence electrons. The number of aliphatic hydroxyl groups is 1. The van der Waals surface area contributed by atoms with Gasteiger partial charge in [0.15, 0.2) is 0 Å². The molecule has 0 aliphatic carbocycles. The van der Waals surface area contributed by atoms with Gasteiger partial charge in [-0.1, -0.05) is 25.1 Å². The molecule has 0 fully saturated rings. The third-order valence-electron chi connectivity index (χ3n) is 3.11. The number of pyridine rings is 1. The number of nitrogens with one attached hydrogen (secondary N) is 1. The number of benzene rings is 1. The zero-order valence-corrected chi connectivity index (χ0v) is 11.0. The Bertz CT molecular complexity index is 523. The van der Waals surface area contributed by atoms with E-state index in [9.17, 15) is 5.11 Å². The zero-order chi connectivity index (χ0) is 13.0. The highest BCUT2D eigenvalue weighted by Crippen LogP contribution is 2.22. The van der Waals surface area contributed by atoms with Crippen LogP contribution in [0.1, 0.15) is 25.8 Å². The number of aromatic nitrogens is 1. The van der Waals surface area contributed by atoms with Gasteiger partial charge in [-0.15, -0.1) is 0 Å². The second-order valence-corrected chi connectivity index (χ2v) is 4.87. The second-order valence-electron chi connectivity index (χ2n) is 4.87. The van der Waals surface area contributed by atoms with Crippen molar-refractivity contribution in [3.05, 3.63) is 42.1 Å². The van der Waals surface area contributed by atoms with Crippen LogP contribution in [0.2, 0.25) is 0 Å². The first kappa shape index (κ1) is 13.0. The summed E-state index contributed by atoms with van der Waals surface area (Å²) in [5.74, 6) is 0. The van der Waals surface area contributed by atoms with Crippen LogP contribution in [0.3, 0.4) is 0 Å². The lowest BCUT2D eigenvalue weighted by Gasteiger charge is -2.24. The van der Waals surface area contributed by atoms with Crippen molar-refractivity contribution in [2.75, 3.05) is 13.1 Å². The smallest absolute Gasteiger partial charge is 0.101 e. The second kappa shape index (κ2) is 5.46. The predicted octanol–water partition coefficient (Wildman–Crippen LogP) is 2.44. The molecule has 1 atom stereocenters. The fraction of sp³-hybridized carbons (Fsp3) is 0.400. The Kier molecular flexibility index (Phi) is 3.94. The molecule has 3 nitrogen and oxygen atoms in total. The first-order valence-electron chi connectivity index (χ1n) is 6.42. The van der Waals surface area contributed by atoms with E-state index in [4.69, 9.17) is 0 Å². The van der Waals surface area contributed by atoms with E-state index in [0.717, 1.165) is 29.4 Å². The van der Waals surface area contributed by atoms with Crippen molar-refractivity contribution < 1.29 is 5.11 Å². The van der Waals surface area contributed by atoms with Gasteiger partial charge in [-0.25, -0.2) is 0 Å². The maximum Gasteiger partial charge on any atom is 0.101 e. The Morgan fingerprint density at radius 3 is 2.89 bits per heavy atom. The van der Waals surface area contributed by atoms with Crippen LogP contribution < -0.4 is 5.32 Å². The van der Waals surface area contributed by atoms with Crippen LogP contribution in [0.25, 0.3) is 10.9 Å². The van der Waals surface area contributed by atoms with E-state index in [0.29, 0.717) is 6.54 Å². The van der Waals surface area contributed by atoms with Crippen molar-refractivity contribution in [2.45, 2.75) is 25.9 Å². The molecule has 1 aromatic heterocycles. The van der Waals surface area contributed by atoms with E-state index in [2.05, 4.69) is 17.2 Å². The summed E-state index contributed by atoms with van der Waals surface area (Å²) in [5.41, 5.74) is 0.926. The van der Waals surface area contributed by atoms with Crippen molar-refractivity contribution in [3.8, 4) is 0 Å². The molecule has 0 spiro atoms. The van der Waals surface area contributed by atoms with E-state index >= 15 is 0 Å². The van der Waals surface area contributed by atoms with Gasteiger partial charge in [0.2, 0.25) is 0 Å². The average molecular weight is 244 g/mol. The molecule has 0 radical (unpaired) electrons. The van der Waals surface area contributed by atoms with Gasteiger partial charge in [0.05, 0.1) is 5.52 Å². The Morgan fingerprint density at radius 1 is 1.33 bits per heavy atom. The van der Waals surface area contributed by atoms with E-state index in [1.807, 2.05) is 37.3 Å². The highest BCUT2D eigenvalue weighted by atomic mass is 16.3. The third kappa shape index (κ3) is 2.86. The van der Waals surface area contributed by atoms with Crippen LogP contribution in [0.5, 0.6) is 0 Å². The number of fused-ring (bicyclic) bond motifs is 1. The molecule has 2 aromatic rings. The van der Waals surface area contributed by atoms with Gasteiger partial charge in [-0.05, 0) is 32.0 Å². The van der Waals surface area contributed by atoms with Crippen LogP contribution in [0.15, 0.2) is 36.5 Å². The molecule has 0 amide bonds. The van der Waals surface area contributed by atoms with Crippen LogP contribution >= 0.6 is 0 Å². The van der Waals surface area contributed by atoms with E-state index < -0.39 is 5.60 Å².